The van der Waals surface area contributed by atoms with E-state index >= 15 is 0 Å². The molecule has 0 radical (unpaired) electrons. The van der Waals surface area contributed by atoms with Crippen molar-refractivity contribution in [3.8, 4) is 0 Å². The molecule has 1 unspecified atom stereocenters. The number of halogens is 1. The standard InChI is InChI=1S/C32H60N.ClH/c1-5-8-11-14-17-23-28-32(31-26-21-20-22-27-31)33(4,29-24-18-15-12-9-6-2)30-25-19-16-13-10-7-3;/h20-22,26-27,32H,5-19,23-25,28-30H2,1-4H3;1H/q+1;/p-1. The van der Waals surface area contributed by atoms with Gasteiger partial charge in [-0.05, 0) is 32.1 Å². The number of unbranched alkanes of at least 4 members (excludes halogenated alkanes) is 15. The third kappa shape index (κ3) is 15.5. The first-order valence-electron chi connectivity index (χ1n) is 15.1. The Bertz CT molecular complexity index is 513. The van der Waals surface area contributed by atoms with Gasteiger partial charge in [-0.1, -0.05) is 135 Å². The fourth-order valence-corrected chi connectivity index (χ4v) is 5.56. The molecule has 34 heavy (non-hydrogen) atoms. The molecule has 0 aromatic heterocycles. The van der Waals surface area contributed by atoms with Crippen molar-refractivity contribution < 1.29 is 16.9 Å². The monoisotopic (exact) mass is 493 g/mol. The molecular weight excluding hydrogens is 434 g/mol. The first-order valence-corrected chi connectivity index (χ1v) is 15.1. The highest BCUT2D eigenvalue weighted by atomic mass is 35.5. The van der Waals surface area contributed by atoms with E-state index in [0.29, 0.717) is 6.04 Å². The minimum atomic E-state index is 0. The van der Waals surface area contributed by atoms with Crippen LogP contribution in [0.2, 0.25) is 0 Å². The van der Waals surface area contributed by atoms with Gasteiger partial charge in [0.05, 0.1) is 20.1 Å². The zero-order valence-corrected chi connectivity index (χ0v) is 24.4. The van der Waals surface area contributed by atoms with Gasteiger partial charge in [-0.2, -0.15) is 0 Å². The van der Waals surface area contributed by atoms with E-state index in [4.69, 9.17) is 0 Å². The van der Waals surface area contributed by atoms with Crippen LogP contribution in [0.1, 0.15) is 154 Å². The van der Waals surface area contributed by atoms with Crippen LogP contribution in [-0.4, -0.2) is 24.6 Å². The molecule has 0 saturated heterocycles. The Labute approximate surface area is 221 Å². The molecule has 200 valence electrons. The second-order valence-corrected chi connectivity index (χ2v) is 10.9. The minimum Gasteiger partial charge on any atom is -1.00 e. The lowest BCUT2D eigenvalue weighted by Crippen LogP contribution is -3.00. The van der Waals surface area contributed by atoms with Crippen LogP contribution in [0.3, 0.4) is 0 Å². The molecule has 0 spiro atoms. The molecule has 0 bridgehead atoms. The summed E-state index contributed by atoms with van der Waals surface area (Å²) in [6, 6.07) is 12.2. The second kappa shape index (κ2) is 22.9. The van der Waals surface area contributed by atoms with Crippen molar-refractivity contribution in [3.05, 3.63) is 35.9 Å². The fourth-order valence-electron chi connectivity index (χ4n) is 5.56. The maximum Gasteiger partial charge on any atom is 0.114 e. The minimum absolute atomic E-state index is 0. The van der Waals surface area contributed by atoms with E-state index in [2.05, 4.69) is 58.2 Å². The topological polar surface area (TPSA) is 0 Å². The van der Waals surface area contributed by atoms with Gasteiger partial charge in [-0.3, -0.25) is 0 Å². The van der Waals surface area contributed by atoms with Gasteiger partial charge in [-0.15, -0.1) is 0 Å². The molecule has 0 aliphatic carbocycles. The highest BCUT2D eigenvalue weighted by molar-refractivity contribution is 5.17. The van der Waals surface area contributed by atoms with Gasteiger partial charge >= 0.3 is 0 Å². The normalized spacial score (nSPS) is 12.5. The van der Waals surface area contributed by atoms with Crippen LogP contribution in [0.5, 0.6) is 0 Å². The molecule has 0 aliphatic rings. The van der Waals surface area contributed by atoms with Gasteiger partial charge in [-0.25, -0.2) is 0 Å². The number of hydrogen-bond donors (Lipinski definition) is 0. The van der Waals surface area contributed by atoms with Crippen molar-refractivity contribution >= 4 is 0 Å². The van der Waals surface area contributed by atoms with Gasteiger partial charge in [0.15, 0.2) is 0 Å². The Morgan fingerprint density at radius 2 is 0.912 bits per heavy atom. The Morgan fingerprint density at radius 3 is 1.35 bits per heavy atom. The lowest BCUT2D eigenvalue weighted by molar-refractivity contribution is -0.940. The molecule has 1 atom stereocenters. The van der Waals surface area contributed by atoms with E-state index in [9.17, 15) is 0 Å². The van der Waals surface area contributed by atoms with Crippen molar-refractivity contribution in [3.63, 3.8) is 0 Å². The summed E-state index contributed by atoms with van der Waals surface area (Å²) in [5.41, 5.74) is 1.59. The lowest BCUT2D eigenvalue weighted by Gasteiger charge is -2.43. The van der Waals surface area contributed by atoms with E-state index in [0.717, 1.165) is 0 Å². The number of benzene rings is 1. The summed E-state index contributed by atoms with van der Waals surface area (Å²) in [4.78, 5) is 0. The van der Waals surface area contributed by atoms with Crippen molar-refractivity contribution in [1.82, 2.24) is 0 Å². The SMILES string of the molecule is CCCCCCCCC(c1ccccc1)[N+](C)(CCCCCCCC)CCCCCCCC.[Cl-]. The first kappa shape index (κ1) is 33.5. The van der Waals surface area contributed by atoms with Gasteiger partial charge < -0.3 is 16.9 Å². The van der Waals surface area contributed by atoms with Gasteiger partial charge in [0.25, 0.3) is 0 Å². The Kier molecular flexibility index (Phi) is 22.5. The Balaban J connectivity index is 0.0000109. The number of hydrogen-bond acceptors (Lipinski definition) is 0. The van der Waals surface area contributed by atoms with Crippen LogP contribution < -0.4 is 12.4 Å². The predicted octanol–water partition coefficient (Wildman–Crippen LogP) is 7.65. The summed E-state index contributed by atoms with van der Waals surface area (Å²) in [7, 11) is 2.60. The van der Waals surface area contributed by atoms with Crippen molar-refractivity contribution in [1.29, 1.82) is 0 Å². The Hall–Kier alpha value is -0.530. The number of rotatable bonds is 23. The van der Waals surface area contributed by atoms with Crippen LogP contribution >= 0.6 is 0 Å². The number of nitrogens with zero attached hydrogens (tertiary/aromatic N) is 1. The average molecular weight is 494 g/mol. The van der Waals surface area contributed by atoms with Crippen LogP contribution in [0.4, 0.5) is 0 Å². The largest absolute Gasteiger partial charge is 1.00 e. The third-order valence-electron chi connectivity index (χ3n) is 7.81. The summed E-state index contributed by atoms with van der Waals surface area (Å²) in [6.07, 6.45) is 26.6. The number of quaternary nitrogens is 1. The Morgan fingerprint density at radius 1 is 0.529 bits per heavy atom. The first-order chi connectivity index (χ1) is 16.2. The summed E-state index contributed by atoms with van der Waals surface area (Å²) < 4.78 is 1.26. The van der Waals surface area contributed by atoms with Crippen molar-refractivity contribution in [2.24, 2.45) is 0 Å². The zero-order valence-electron chi connectivity index (χ0n) is 23.6. The third-order valence-corrected chi connectivity index (χ3v) is 7.81. The molecule has 1 nitrogen and oxygen atoms in total. The average Bonchev–Trinajstić information content (AvgIpc) is 2.83. The molecule has 0 amide bonds. The zero-order chi connectivity index (χ0) is 24.0. The van der Waals surface area contributed by atoms with E-state index in [-0.39, 0.29) is 12.4 Å². The molecule has 1 aromatic rings. The van der Waals surface area contributed by atoms with Gasteiger partial charge in [0.1, 0.15) is 6.04 Å². The van der Waals surface area contributed by atoms with E-state index in [1.807, 2.05) is 0 Å². The fraction of sp³-hybridized carbons (Fsp3) is 0.812. The van der Waals surface area contributed by atoms with E-state index in [1.54, 1.807) is 5.56 Å². The smallest absolute Gasteiger partial charge is 0.114 e. The molecule has 1 rings (SSSR count). The second-order valence-electron chi connectivity index (χ2n) is 10.9. The van der Waals surface area contributed by atoms with Crippen LogP contribution in [0.25, 0.3) is 0 Å². The van der Waals surface area contributed by atoms with Crippen molar-refractivity contribution in [2.45, 2.75) is 149 Å². The molecule has 0 N–H and O–H groups in total. The summed E-state index contributed by atoms with van der Waals surface area (Å²) in [6.45, 7) is 9.67. The van der Waals surface area contributed by atoms with Crippen LogP contribution in [-0.2, 0) is 0 Å². The molecule has 0 aliphatic heterocycles. The molecule has 0 fully saturated rings. The highest BCUT2D eigenvalue weighted by Gasteiger charge is 2.32. The highest BCUT2D eigenvalue weighted by Crippen LogP contribution is 2.34. The molecule has 0 heterocycles. The quantitative estimate of drug-likeness (QED) is 0.108. The molecule has 0 saturated carbocycles. The maximum absolute atomic E-state index is 2.60. The van der Waals surface area contributed by atoms with Gasteiger partial charge in [0, 0.05) is 12.0 Å². The summed E-state index contributed by atoms with van der Waals surface area (Å²) in [5.74, 6) is 0. The van der Waals surface area contributed by atoms with E-state index < -0.39 is 0 Å². The van der Waals surface area contributed by atoms with Gasteiger partial charge in [0.2, 0.25) is 0 Å². The molecule has 1 aromatic carbocycles. The van der Waals surface area contributed by atoms with Crippen LogP contribution in [0, 0.1) is 0 Å². The summed E-state index contributed by atoms with van der Waals surface area (Å²) >= 11 is 0. The van der Waals surface area contributed by atoms with Crippen molar-refractivity contribution in [2.75, 3.05) is 20.1 Å². The summed E-state index contributed by atoms with van der Waals surface area (Å²) in [5, 5.41) is 0. The predicted molar refractivity (Wildman–Crippen MR) is 150 cm³/mol. The maximum atomic E-state index is 2.60. The lowest BCUT2D eigenvalue weighted by atomic mass is 9.95. The van der Waals surface area contributed by atoms with E-state index in [1.165, 1.54) is 140 Å². The molecular formula is C32H60ClN. The van der Waals surface area contributed by atoms with Crippen LogP contribution in [0.15, 0.2) is 30.3 Å². The molecule has 2 heteroatoms.